The smallest absolute Gasteiger partial charge is 0.00388 e. The summed E-state index contributed by atoms with van der Waals surface area (Å²) in [5.74, 6) is 1.73. The lowest BCUT2D eigenvalue weighted by molar-refractivity contribution is 0.148. The molecule has 1 N–H and O–H groups in total. The van der Waals surface area contributed by atoms with E-state index in [2.05, 4.69) is 38.0 Å². The molecular formula is C13H28N2. The van der Waals surface area contributed by atoms with Crippen molar-refractivity contribution >= 4 is 0 Å². The zero-order valence-corrected chi connectivity index (χ0v) is 10.9. The van der Waals surface area contributed by atoms with Crippen LogP contribution in [0.25, 0.3) is 0 Å². The summed E-state index contributed by atoms with van der Waals surface area (Å²) >= 11 is 0. The van der Waals surface area contributed by atoms with Crippen molar-refractivity contribution in [2.75, 3.05) is 26.7 Å². The summed E-state index contributed by atoms with van der Waals surface area (Å²) < 4.78 is 0. The number of hydrogen-bond acceptors (Lipinski definition) is 2. The van der Waals surface area contributed by atoms with Crippen LogP contribution >= 0.6 is 0 Å². The Kier molecular flexibility index (Phi) is 5.62. The third kappa shape index (κ3) is 4.98. The van der Waals surface area contributed by atoms with Crippen LogP contribution in [0.2, 0.25) is 0 Å². The van der Waals surface area contributed by atoms with E-state index in [1.54, 1.807) is 0 Å². The highest BCUT2D eigenvalue weighted by atomic mass is 15.1. The molecule has 15 heavy (non-hydrogen) atoms. The van der Waals surface area contributed by atoms with E-state index >= 15 is 0 Å². The van der Waals surface area contributed by atoms with E-state index < -0.39 is 0 Å². The Hall–Kier alpha value is -0.0800. The second-order valence-corrected chi connectivity index (χ2v) is 5.59. The van der Waals surface area contributed by atoms with Gasteiger partial charge >= 0.3 is 0 Å². The Bertz CT molecular complexity index is 168. The Balaban J connectivity index is 2.28. The fraction of sp³-hybridized carbons (Fsp3) is 1.00. The highest BCUT2D eigenvalue weighted by Crippen LogP contribution is 2.21. The molecule has 1 rings (SSSR count). The average molecular weight is 212 g/mol. The van der Waals surface area contributed by atoms with Gasteiger partial charge in [-0.1, -0.05) is 13.8 Å². The Morgan fingerprint density at radius 1 is 1.33 bits per heavy atom. The number of likely N-dealkylation sites (tertiary alicyclic amines) is 1. The number of hydrogen-bond donors (Lipinski definition) is 1. The van der Waals surface area contributed by atoms with E-state index in [9.17, 15) is 0 Å². The minimum Gasteiger partial charge on any atom is -0.317 e. The fourth-order valence-corrected chi connectivity index (χ4v) is 2.64. The number of nitrogens with one attached hydrogen (secondary N) is 1. The van der Waals surface area contributed by atoms with Crippen LogP contribution in [-0.4, -0.2) is 37.6 Å². The van der Waals surface area contributed by atoms with Gasteiger partial charge in [0.15, 0.2) is 0 Å². The summed E-state index contributed by atoms with van der Waals surface area (Å²) in [6.07, 6.45) is 4.17. The molecule has 1 aliphatic heterocycles. The van der Waals surface area contributed by atoms with Gasteiger partial charge in [-0.3, -0.25) is 0 Å². The van der Waals surface area contributed by atoms with Gasteiger partial charge in [0.1, 0.15) is 0 Å². The molecule has 0 aromatic carbocycles. The van der Waals surface area contributed by atoms with Crippen molar-refractivity contribution in [3.05, 3.63) is 0 Å². The maximum Gasteiger partial charge on any atom is 0.00388 e. The molecule has 0 amide bonds. The van der Waals surface area contributed by atoms with Gasteiger partial charge < -0.3 is 10.2 Å². The standard InChI is InChI=1S/C13H28N2/c1-11(2)9-15-7-5-6-13(10-15)8-12(3)14-4/h11-14H,5-10H2,1-4H3. The number of nitrogens with zero attached hydrogens (tertiary/aromatic N) is 1. The molecule has 0 aliphatic carbocycles. The predicted molar refractivity (Wildman–Crippen MR) is 67.1 cm³/mol. The highest BCUT2D eigenvalue weighted by molar-refractivity contribution is 4.76. The molecule has 2 unspecified atom stereocenters. The summed E-state index contributed by atoms with van der Waals surface area (Å²) in [6.45, 7) is 10.9. The third-order valence-electron chi connectivity index (χ3n) is 3.41. The molecule has 2 heteroatoms. The van der Waals surface area contributed by atoms with Gasteiger partial charge in [0.05, 0.1) is 0 Å². The summed E-state index contributed by atoms with van der Waals surface area (Å²) in [5, 5.41) is 3.35. The van der Waals surface area contributed by atoms with Crippen LogP contribution in [0.1, 0.15) is 40.0 Å². The zero-order chi connectivity index (χ0) is 11.3. The molecule has 0 spiro atoms. The number of piperidine rings is 1. The summed E-state index contributed by atoms with van der Waals surface area (Å²) in [5.41, 5.74) is 0. The molecule has 0 bridgehead atoms. The molecule has 2 atom stereocenters. The Morgan fingerprint density at radius 2 is 2.07 bits per heavy atom. The van der Waals surface area contributed by atoms with Crippen molar-refractivity contribution in [3.8, 4) is 0 Å². The molecule has 1 saturated heterocycles. The Labute approximate surface area is 95.4 Å². The molecule has 0 aromatic rings. The molecule has 0 saturated carbocycles. The highest BCUT2D eigenvalue weighted by Gasteiger charge is 2.21. The average Bonchev–Trinajstić information content (AvgIpc) is 2.17. The molecule has 1 fully saturated rings. The minimum atomic E-state index is 0.675. The van der Waals surface area contributed by atoms with Crippen molar-refractivity contribution in [1.29, 1.82) is 0 Å². The minimum absolute atomic E-state index is 0.675. The van der Waals surface area contributed by atoms with Gasteiger partial charge in [-0.25, -0.2) is 0 Å². The number of rotatable bonds is 5. The lowest BCUT2D eigenvalue weighted by Crippen LogP contribution is -2.39. The van der Waals surface area contributed by atoms with Crippen molar-refractivity contribution in [2.45, 2.75) is 46.1 Å². The molecule has 1 heterocycles. The second-order valence-electron chi connectivity index (χ2n) is 5.59. The van der Waals surface area contributed by atoms with Crippen LogP contribution in [0.5, 0.6) is 0 Å². The summed E-state index contributed by atoms with van der Waals surface area (Å²) in [4.78, 5) is 2.65. The molecule has 2 nitrogen and oxygen atoms in total. The summed E-state index contributed by atoms with van der Waals surface area (Å²) in [7, 11) is 2.07. The normalized spacial score (nSPS) is 25.8. The van der Waals surface area contributed by atoms with E-state index in [-0.39, 0.29) is 0 Å². The van der Waals surface area contributed by atoms with Crippen LogP contribution in [0.4, 0.5) is 0 Å². The van der Waals surface area contributed by atoms with Gasteiger partial charge in [0.25, 0.3) is 0 Å². The SMILES string of the molecule is CNC(C)CC1CCCN(CC(C)C)C1. The zero-order valence-electron chi connectivity index (χ0n) is 10.9. The van der Waals surface area contributed by atoms with E-state index in [1.165, 1.54) is 38.9 Å². The molecular weight excluding hydrogens is 184 g/mol. The van der Waals surface area contributed by atoms with E-state index in [0.717, 1.165) is 11.8 Å². The van der Waals surface area contributed by atoms with Gasteiger partial charge in [-0.05, 0) is 51.6 Å². The lowest BCUT2D eigenvalue weighted by atomic mass is 9.91. The van der Waals surface area contributed by atoms with Crippen LogP contribution in [0.15, 0.2) is 0 Å². The van der Waals surface area contributed by atoms with Gasteiger partial charge in [0, 0.05) is 19.1 Å². The van der Waals surface area contributed by atoms with Crippen LogP contribution in [-0.2, 0) is 0 Å². The maximum absolute atomic E-state index is 3.35. The van der Waals surface area contributed by atoms with E-state index in [0.29, 0.717) is 6.04 Å². The van der Waals surface area contributed by atoms with Gasteiger partial charge in [-0.2, -0.15) is 0 Å². The second kappa shape index (κ2) is 6.49. The molecule has 90 valence electrons. The first-order chi connectivity index (χ1) is 7.11. The van der Waals surface area contributed by atoms with Crippen LogP contribution in [0, 0.1) is 11.8 Å². The molecule has 0 radical (unpaired) electrons. The molecule has 1 aliphatic rings. The first kappa shape index (κ1) is 13.0. The summed E-state index contributed by atoms with van der Waals surface area (Å²) in [6, 6.07) is 0.675. The molecule has 0 aromatic heterocycles. The first-order valence-electron chi connectivity index (χ1n) is 6.51. The topological polar surface area (TPSA) is 15.3 Å². The van der Waals surface area contributed by atoms with E-state index in [4.69, 9.17) is 0 Å². The fourth-order valence-electron chi connectivity index (χ4n) is 2.64. The third-order valence-corrected chi connectivity index (χ3v) is 3.41. The van der Waals surface area contributed by atoms with E-state index in [1.807, 2.05) is 0 Å². The quantitative estimate of drug-likeness (QED) is 0.752. The first-order valence-corrected chi connectivity index (χ1v) is 6.51. The van der Waals surface area contributed by atoms with Gasteiger partial charge in [0.2, 0.25) is 0 Å². The van der Waals surface area contributed by atoms with Crippen molar-refractivity contribution < 1.29 is 0 Å². The largest absolute Gasteiger partial charge is 0.317 e. The maximum atomic E-state index is 3.35. The lowest BCUT2D eigenvalue weighted by Gasteiger charge is -2.34. The van der Waals surface area contributed by atoms with Crippen molar-refractivity contribution in [3.63, 3.8) is 0 Å². The van der Waals surface area contributed by atoms with Crippen molar-refractivity contribution in [1.82, 2.24) is 10.2 Å². The Morgan fingerprint density at radius 3 is 2.67 bits per heavy atom. The predicted octanol–water partition coefficient (Wildman–Crippen LogP) is 2.35. The van der Waals surface area contributed by atoms with Crippen LogP contribution < -0.4 is 5.32 Å². The van der Waals surface area contributed by atoms with Gasteiger partial charge in [-0.15, -0.1) is 0 Å². The van der Waals surface area contributed by atoms with Crippen molar-refractivity contribution in [2.24, 2.45) is 11.8 Å². The van der Waals surface area contributed by atoms with Crippen LogP contribution in [0.3, 0.4) is 0 Å². The monoisotopic (exact) mass is 212 g/mol.